The average Bonchev–Trinajstić information content (AvgIpc) is 3.57. The smallest absolute Gasteiger partial charge is 0.0541 e. The molecule has 2 nitrogen and oxygen atoms in total. The van der Waals surface area contributed by atoms with Crippen LogP contribution in [-0.2, 0) is 12.0 Å². The lowest BCUT2D eigenvalue weighted by atomic mass is 9.82. The lowest BCUT2D eigenvalue weighted by Crippen LogP contribution is -2.32. The first kappa shape index (κ1) is 43.9. The van der Waals surface area contributed by atoms with Crippen LogP contribution in [-0.4, -0.2) is 4.90 Å². The lowest BCUT2D eigenvalue weighted by Gasteiger charge is -2.29. The van der Waals surface area contributed by atoms with Crippen LogP contribution in [0.3, 0.4) is 0 Å². The quantitative estimate of drug-likeness (QED) is 0.110. The van der Waals surface area contributed by atoms with Crippen molar-refractivity contribution in [3.63, 3.8) is 0 Å². The second kappa shape index (κ2) is 19.8. The molecule has 0 spiro atoms. The minimum absolute atomic E-state index is 0.122. The summed E-state index contributed by atoms with van der Waals surface area (Å²) in [5, 5.41) is 6.38. The highest BCUT2D eigenvalue weighted by atomic mass is 15.1. The first-order valence-corrected chi connectivity index (χ1v) is 22.6. The Morgan fingerprint density at radius 3 is 2.02 bits per heavy atom. The summed E-state index contributed by atoms with van der Waals surface area (Å²) < 4.78 is 0. The molecule has 0 fully saturated rings. The molecule has 7 aromatic rings. The van der Waals surface area contributed by atoms with Crippen LogP contribution >= 0.6 is 0 Å². The molecule has 65 heavy (non-hydrogen) atoms. The average molecular weight is 843 g/mol. The number of hydrogen-bond donors (Lipinski definition) is 1. The fraction of sp³-hybridized carbons (Fsp3) is 0.111. The Morgan fingerprint density at radius 2 is 1.29 bits per heavy atom. The standard InChI is InChI=1S/C63H58N2/c1-8-25-55(40-46(4)50-30-15-11-16-31-50)65(47(5)27-23-26-45(3)49-28-13-10-14-29-49)44-53-34-19-20-37-56(53)62(64-54-36-24-35-52(41-54)51-32-17-12-18-33-51)58-43-59-57-38-21-22-39-60(57)63(6,7)61(59)42-48(58)9-2/h8-43,64H,1,3,44H2,2,4-7H3/b26-23-,46-40+,47-27+,48-9-,55-25+,62-58+. The van der Waals surface area contributed by atoms with Gasteiger partial charge in [0.1, 0.15) is 0 Å². The first-order chi connectivity index (χ1) is 31.7. The van der Waals surface area contributed by atoms with Crippen molar-refractivity contribution in [2.75, 3.05) is 5.32 Å². The summed E-state index contributed by atoms with van der Waals surface area (Å²) in [6, 6.07) is 62.8. The Kier molecular flexibility index (Phi) is 13.4. The van der Waals surface area contributed by atoms with E-state index < -0.39 is 0 Å². The van der Waals surface area contributed by atoms with Crippen LogP contribution < -0.4 is 15.8 Å². The fourth-order valence-corrected chi connectivity index (χ4v) is 9.03. The third-order valence-corrected chi connectivity index (χ3v) is 12.6. The Bertz CT molecular complexity index is 3110. The molecule has 0 aliphatic heterocycles. The third-order valence-electron chi connectivity index (χ3n) is 12.6. The van der Waals surface area contributed by atoms with Gasteiger partial charge in [0.05, 0.1) is 5.70 Å². The van der Waals surface area contributed by atoms with E-state index in [1.165, 1.54) is 44.2 Å². The van der Waals surface area contributed by atoms with E-state index in [1.54, 1.807) is 0 Å². The van der Waals surface area contributed by atoms with E-state index in [9.17, 15) is 0 Å². The van der Waals surface area contributed by atoms with Crippen LogP contribution in [0.15, 0.2) is 237 Å². The Morgan fingerprint density at radius 1 is 0.646 bits per heavy atom. The molecule has 0 saturated heterocycles. The highest BCUT2D eigenvalue weighted by molar-refractivity contribution is 5.85. The van der Waals surface area contributed by atoms with Crippen LogP contribution in [0.2, 0.25) is 0 Å². The summed E-state index contributed by atoms with van der Waals surface area (Å²) in [5.74, 6) is 0. The molecule has 0 heterocycles. The van der Waals surface area contributed by atoms with Gasteiger partial charge < -0.3 is 10.2 Å². The van der Waals surface area contributed by atoms with Gasteiger partial charge in [-0.1, -0.05) is 203 Å². The zero-order chi connectivity index (χ0) is 45.3. The number of benzene rings is 7. The van der Waals surface area contributed by atoms with Gasteiger partial charge in [-0.15, -0.1) is 0 Å². The molecule has 0 bridgehead atoms. The van der Waals surface area contributed by atoms with Gasteiger partial charge in [-0.3, -0.25) is 0 Å². The topological polar surface area (TPSA) is 15.3 Å². The Labute approximate surface area is 386 Å². The van der Waals surface area contributed by atoms with E-state index in [0.29, 0.717) is 6.54 Å². The van der Waals surface area contributed by atoms with Crippen LogP contribution in [0.25, 0.3) is 45.2 Å². The van der Waals surface area contributed by atoms with Gasteiger partial charge in [-0.25, -0.2) is 0 Å². The summed E-state index contributed by atoms with van der Waals surface area (Å²) in [7, 11) is 0. The number of fused-ring (bicyclic) bond motifs is 3. The highest BCUT2D eigenvalue weighted by Gasteiger charge is 2.35. The van der Waals surface area contributed by atoms with Crippen LogP contribution in [0.4, 0.5) is 5.69 Å². The molecule has 0 saturated carbocycles. The van der Waals surface area contributed by atoms with Crippen molar-refractivity contribution in [3.05, 3.63) is 281 Å². The lowest BCUT2D eigenvalue weighted by molar-refractivity contribution is 0.434. The van der Waals surface area contributed by atoms with E-state index in [0.717, 1.165) is 55.8 Å². The molecule has 0 amide bonds. The van der Waals surface area contributed by atoms with Crippen molar-refractivity contribution in [2.45, 2.75) is 46.6 Å². The molecular formula is C63H58N2. The van der Waals surface area contributed by atoms with Gasteiger partial charge in [0.15, 0.2) is 0 Å². The number of nitrogens with one attached hydrogen (secondary N) is 1. The van der Waals surface area contributed by atoms with Crippen molar-refractivity contribution in [1.29, 1.82) is 0 Å². The summed E-state index contributed by atoms with van der Waals surface area (Å²) in [6.07, 6.45) is 14.9. The number of rotatable bonds is 14. The predicted molar refractivity (Wildman–Crippen MR) is 280 cm³/mol. The number of nitrogens with zero attached hydrogens (tertiary/aromatic N) is 1. The summed E-state index contributed by atoms with van der Waals surface area (Å²) in [6.45, 7) is 20.4. The molecule has 7 aromatic carbocycles. The Balaban J connectivity index is 1.32. The summed E-state index contributed by atoms with van der Waals surface area (Å²) in [5.41, 5.74) is 18.4. The van der Waals surface area contributed by atoms with E-state index in [-0.39, 0.29) is 5.41 Å². The SMILES string of the molecule is C=C/C=C(\C=C(/C)c1ccccc1)N(Cc1ccccc1/C(Nc1cccc(-c2ccccc2)c1)=c1/cc2c(c/c1=C/C)C(C)(C)c1ccccc1-2)/C(C)=C/C=C\C(=C)c1ccccc1. The number of anilines is 1. The van der Waals surface area contributed by atoms with Crippen LogP contribution in [0.1, 0.15) is 68.0 Å². The molecular weight excluding hydrogens is 785 g/mol. The summed E-state index contributed by atoms with van der Waals surface area (Å²) >= 11 is 0. The first-order valence-electron chi connectivity index (χ1n) is 22.6. The molecule has 1 aliphatic carbocycles. The zero-order valence-corrected chi connectivity index (χ0v) is 38.4. The molecule has 1 aliphatic rings. The maximum atomic E-state index is 4.37. The fourth-order valence-electron chi connectivity index (χ4n) is 9.03. The monoisotopic (exact) mass is 842 g/mol. The number of allylic oxidation sites excluding steroid dienone is 9. The van der Waals surface area contributed by atoms with Gasteiger partial charge >= 0.3 is 0 Å². The molecule has 1 N–H and O–H groups in total. The maximum Gasteiger partial charge on any atom is 0.0541 e. The van der Waals surface area contributed by atoms with Gasteiger partial charge in [0.25, 0.3) is 0 Å². The molecule has 2 heteroatoms. The second-order valence-corrected chi connectivity index (χ2v) is 17.2. The van der Waals surface area contributed by atoms with Gasteiger partial charge in [-0.2, -0.15) is 0 Å². The van der Waals surface area contributed by atoms with Crippen LogP contribution in [0.5, 0.6) is 0 Å². The van der Waals surface area contributed by atoms with Crippen molar-refractivity contribution in [2.24, 2.45) is 0 Å². The van der Waals surface area contributed by atoms with Gasteiger partial charge in [0, 0.05) is 39.8 Å². The molecule has 8 rings (SSSR count). The van der Waals surface area contributed by atoms with E-state index in [1.807, 2.05) is 24.3 Å². The van der Waals surface area contributed by atoms with Crippen molar-refractivity contribution < 1.29 is 0 Å². The van der Waals surface area contributed by atoms with Crippen molar-refractivity contribution in [3.8, 4) is 22.3 Å². The zero-order valence-electron chi connectivity index (χ0n) is 38.4. The largest absolute Gasteiger partial charge is 0.355 e. The van der Waals surface area contributed by atoms with E-state index in [4.69, 9.17) is 0 Å². The Hall–Kier alpha value is -7.68. The number of hydrogen-bond acceptors (Lipinski definition) is 2. The van der Waals surface area contributed by atoms with Crippen LogP contribution in [0, 0.1) is 0 Å². The van der Waals surface area contributed by atoms with Gasteiger partial charge in [0.2, 0.25) is 0 Å². The van der Waals surface area contributed by atoms with Crippen molar-refractivity contribution in [1.82, 2.24) is 4.90 Å². The normalized spacial score (nSPS) is 14.2. The van der Waals surface area contributed by atoms with Crippen molar-refractivity contribution >= 4 is 28.6 Å². The third kappa shape index (κ3) is 9.64. The second-order valence-electron chi connectivity index (χ2n) is 17.2. The summed E-state index contributed by atoms with van der Waals surface area (Å²) in [4.78, 5) is 2.39. The highest BCUT2D eigenvalue weighted by Crippen LogP contribution is 2.47. The molecule has 0 atom stereocenters. The minimum atomic E-state index is -0.122. The molecule has 320 valence electrons. The predicted octanol–water partition coefficient (Wildman–Crippen LogP) is 14.9. The molecule has 0 radical (unpaired) electrons. The molecule has 0 aromatic heterocycles. The van der Waals surface area contributed by atoms with Gasteiger partial charge in [-0.05, 0) is 130 Å². The van der Waals surface area contributed by atoms with E-state index >= 15 is 0 Å². The molecule has 0 unspecified atom stereocenters. The maximum absolute atomic E-state index is 4.37. The van der Waals surface area contributed by atoms with E-state index in [2.05, 4.69) is 252 Å². The minimum Gasteiger partial charge on any atom is -0.355 e.